The highest BCUT2D eigenvalue weighted by Gasteiger charge is 2.32. The van der Waals surface area contributed by atoms with Gasteiger partial charge >= 0.3 is 12.6 Å². The Labute approximate surface area is 323 Å². The van der Waals surface area contributed by atoms with Gasteiger partial charge in [0, 0.05) is 51.1 Å². The second-order valence-corrected chi connectivity index (χ2v) is 16.7. The van der Waals surface area contributed by atoms with Crippen molar-refractivity contribution in [3.63, 3.8) is 0 Å². The van der Waals surface area contributed by atoms with E-state index in [1.165, 1.54) is 20.8 Å². The van der Waals surface area contributed by atoms with Gasteiger partial charge in [-0.25, -0.2) is 23.2 Å². The summed E-state index contributed by atoms with van der Waals surface area (Å²) >= 11 is 0. The highest BCUT2D eigenvalue weighted by atomic mass is 32.2. The summed E-state index contributed by atoms with van der Waals surface area (Å²) in [7, 11) is -1.97. The number of urea groups is 1. The molecule has 3 saturated heterocycles. The molecule has 1 unspecified atom stereocenters. The van der Waals surface area contributed by atoms with Crippen molar-refractivity contribution >= 4 is 44.6 Å². The number of aromatic nitrogens is 4. The molecule has 3 aliphatic rings. The third-order valence-electron chi connectivity index (χ3n) is 10.8. The molecule has 18 heteroatoms. The van der Waals surface area contributed by atoms with E-state index in [1.54, 1.807) is 16.8 Å². The maximum atomic E-state index is 13.6. The van der Waals surface area contributed by atoms with E-state index in [0.717, 1.165) is 61.3 Å². The third kappa shape index (κ3) is 8.59. The zero-order chi connectivity index (χ0) is 39.6. The Bertz CT molecular complexity index is 2230. The summed E-state index contributed by atoms with van der Waals surface area (Å²) < 4.78 is 59.5. The number of nitrogens with one attached hydrogen (secondary N) is 2. The molecular weight excluding hydrogens is 747 g/mol. The predicted molar refractivity (Wildman–Crippen MR) is 203 cm³/mol. The van der Waals surface area contributed by atoms with E-state index in [1.807, 2.05) is 13.1 Å². The van der Waals surface area contributed by atoms with Crippen molar-refractivity contribution in [3.05, 3.63) is 65.5 Å². The number of nitrogens with zero attached hydrogens (tertiary/aromatic N) is 8. The average Bonchev–Trinajstić information content (AvgIpc) is 3.50. The van der Waals surface area contributed by atoms with Crippen LogP contribution in [0.4, 0.5) is 25.3 Å². The highest BCUT2D eigenvalue weighted by molar-refractivity contribution is 7.89. The second kappa shape index (κ2) is 16.5. The first kappa shape index (κ1) is 39.0. The second-order valence-electron chi connectivity index (χ2n) is 14.7. The molecule has 2 aromatic carbocycles. The van der Waals surface area contributed by atoms with Crippen LogP contribution in [-0.4, -0.2) is 101 Å². The van der Waals surface area contributed by atoms with Crippen molar-refractivity contribution in [2.24, 2.45) is 13.0 Å². The van der Waals surface area contributed by atoms with Gasteiger partial charge in [0.15, 0.2) is 11.6 Å². The topological polar surface area (TPSA) is 179 Å². The Morgan fingerprint density at radius 1 is 1.02 bits per heavy atom. The zero-order valence-electron chi connectivity index (χ0n) is 31.2. The molecule has 15 nitrogen and oxygen atoms in total. The first-order chi connectivity index (χ1) is 26.9. The van der Waals surface area contributed by atoms with Crippen LogP contribution >= 0.6 is 0 Å². The number of carbonyl (C=O) groups is 2. The molecule has 3 aliphatic heterocycles. The molecule has 1 atom stereocenters. The number of aryl methyl sites for hydroxylation is 1. The van der Waals surface area contributed by atoms with Crippen molar-refractivity contribution in [1.82, 2.24) is 34.3 Å². The number of anilines is 2. The van der Waals surface area contributed by atoms with Gasteiger partial charge in [-0.1, -0.05) is 19.1 Å². The molecule has 7 rings (SSSR count). The minimum Gasteiger partial charge on any atom is -0.432 e. The molecular formula is C38H44F2N10O5S. The number of nitriles is 1. The lowest BCUT2D eigenvalue weighted by Gasteiger charge is -2.34. The lowest BCUT2D eigenvalue weighted by atomic mass is 9.88. The number of halogens is 2. The normalized spacial score (nSPS) is 18.6. The molecule has 0 spiro atoms. The number of amides is 3. The van der Waals surface area contributed by atoms with Gasteiger partial charge in [0.05, 0.1) is 34.4 Å². The number of hydrogen-bond donors (Lipinski definition) is 2. The standard InChI is InChI=1S/C38H44F2N10O5S/c1-24(23-48-12-7-25(8-13-48)27-4-6-32-33(19-27)47(2)46-35(32)50-16-11-34(51)45-38(50)52)17-26-3-5-31(18-28(26)20-41)56(53,54)49-14-9-29(10-15-49)44-37-42-21-30(22-43-37)55-36(39)40/h3-6,18-19,21-22,24-25,29,36H,7-17,23H2,1-2H3,(H,42,43,44)(H,45,51,52). The number of benzene rings is 2. The monoisotopic (exact) mass is 790 g/mol. The minimum atomic E-state index is -3.83. The number of alkyl halides is 2. The summed E-state index contributed by atoms with van der Waals surface area (Å²) in [6.07, 6.45) is 6.13. The summed E-state index contributed by atoms with van der Waals surface area (Å²) in [6.45, 7) is 2.69. The van der Waals surface area contributed by atoms with Crippen LogP contribution in [-0.2, 0) is 28.3 Å². The van der Waals surface area contributed by atoms with Crippen LogP contribution in [0.3, 0.4) is 0 Å². The van der Waals surface area contributed by atoms with Crippen LogP contribution in [0.5, 0.6) is 5.75 Å². The summed E-state index contributed by atoms with van der Waals surface area (Å²) in [5.41, 5.74) is 3.34. The number of imide groups is 1. The number of hydrogen-bond acceptors (Lipinski definition) is 11. The average molecular weight is 791 g/mol. The van der Waals surface area contributed by atoms with Crippen LogP contribution < -0.4 is 20.3 Å². The van der Waals surface area contributed by atoms with Crippen molar-refractivity contribution in [2.45, 2.75) is 68.9 Å². The number of ether oxygens (including phenoxy) is 1. The molecule has 0 radical (unpaired) electrons. The maximum absolute atomic E-state index is 13.6. The van der Waals surface area contributed by atoms with E-state index < -0.39 is 22.7 Å². The molecule has 2 N–H and O–H groups in total. The third-order valence-corrected chi connectivity index (χ3v) is 12.7. The Kier molecular flexibility index (Phi) is 11.5. The van der Waals surface area contributed by atoms with Gasteiger partial charge in [-0.3, -0.25) is 19.7 Å². The number of likely N-dealkylation sites (tertiary alicyclic amines) is 1. The summed E-state index contributed by atoms with van der Waals surface area (Å²) in [6, 6.07) is 12.8. The van der Waals surface area contributed by atoms with Crippen LogP contribution in [0.15, 0.2) is 53.7 Å². The first-order valence-electron chi connectivity index (χ1n) is 18.7. The van der Waals surface area contributed by atoms with Crippen molar-refractivity contribution in [3.8, 4) is 11.8 Å². The first-order valence-corrected chi connectivity index (χ1v) is 20.2. The Balaban J connectivity index is 0.902. The largest absolute Gasteiger partial charge is 0.432 e. The van der Waals surface area contributed by atoms with Crippen molar-refractivity contribution < 1.29 is 31.5 Å². The summed E-state index contributed by atoms with van der Waals surface area (Å²) in [4.78, 5) is 36.2. The SMILES string of the molecule is CC(Cc1ccc(S(=O)(=O)N2CCC(Nc3ncc(OC(F)F)cn3)CC2)cc1C#N)CN1CCC(c2ccc3c(N4CCC(=O)NC4=O)nn(C)c3c2)CC1. The van der Waals surface area contributed by atoms with E-state index in [9.17, 15) is 32.0 Å². The molecule has 296 valence electrons. The lowest BCUT2D eigenvalue weighted by Crippen LogP contribution is -2.49. The van der Waals surface area contributed by atoms with E-state index in [0.29, 0.717) is 43.1 Å². The summed E-state index contributed by atoms with van der Waals surface area (Å²) in [5, 5.41) is 21.0. The Morgan fingerprint density at radius 3 is 2.43 bits per heavy atom. The smallest absolute Gasteiger partial charge is 0.387 e. The van der Waals surface area contributed by atoms with Gasteiger partial charge < -0.3 is 15.0 Å². The van der Waals surface area contributed by atoms with Gasteiger partial charge in [-0.05, 0) is 92.4 Å². The number of rotatable bonds is 12. The number of piperidine rings is 2. The van der Waals surface area contributed by atoms with E-state index in [2.05, 4.69) is 60.5 Å². The molecule has 2 aromatic heterocycles. The predicted octanol–water partition coefficient (Wildman–Crippen LogP) is 4.61. The van der Waals surface area contributed by atoms with Crippen LogP contribution in [0.2, 0.25) is 0 Å². The van der Waals surface area contributed by atoms with E-state index >= 15 is 0 Å². The van der Waals surface area contributed by atoms with Crippen LogP contribution in [0.25, 0.3) is 10.9 Å². The molecule has 4 aromatic rings. The Hall–Kier alpha value is -5.25. The molecule has 5 heterocycles. The molecule has 3 amide bonds. The molecule has 56 heavy (non-hydrogen) atoms. The number of carbonyl (C=O) groups excluding carboxylic acids is 2. The van der Waals surface area contributed by atoms with E-state index in [-0.39, 0.29) is 54.0 Å². The fourth-order valence-electron chi connectivity index (χ4n) is 7.93. The van der Waals surface area contributed by atoms with Gasteiger partial charge in [0.25, 0.3) is 0 Å². The fraction of sp³-hybridized carbons (Fsp3) is 0.474. The van der Waals surface area contributed by atoms with Crippen molar-refractivity contribution in [1.29, 1.82) is 5.26 Å². The summed E-state index contributed by atoms with van der Waals surface area (Å²) in [5.74, 6) is 0.970. The molecule has 0 bridgehead atoms. The highest BCUT2D eigenvalue weighted by Crippen LogP contribution is 2.34. The van der Waals surface area contributed by atoms with Crippen molar-refractivity contribution in [2.75, 3.05) is 49.5 Å². The van der Waals surface area contributed by atoms with Gasteiger partial charge in [0.2, 0.25) is 21.9 Å². The van der Waals surface area contributed by atoms with E-state index in [4.69, 9.17) is 0 Å². The molecule has 3 fully saturated rings. The van der Waals surface area contributed by atoms with Crippen LogP contribution in [0, 0.1) is 17.2 Å². The quantitative estimate of drug-likeness (QED) is 0.205. The number of sulfonamides is 1. The number of fused-ring (bicyclic) bond motifs is 1. The molecule has 0 aliphatic carbocycles. The van der Waals surface area contributed by atoms with Crippen LogP contribution in [0.1, 0.15) is 61.6 Å². The minimum absolute atomic E-state index is 0.0888. The van der Waals surface area contributed by atoms with Gasteiger partial charge in [-0.2, -0.15) is 23.4 Å². The zero-order valence-corrected chi connectivity index (χ0v) is 32.0. The Morgan fingerprint density at radius 2 is 1.75 bits per heavy atom. The fourth-order valence-corrected chi connectivity index (χ4v) is 9.43. The molecule has 0 saturated carbocycles. The lowest BCUT2D eigenvalue weighted by molar-refractivity contribution is -0.120. The van der Waals surface area contributed by atoms with Gasteiger partial charge in [-0.15, -0.1) is 0 Å². The van der Waals surface area contributed by atoms with Gasteiger partial charge in [0.1, 0.15) is 0 Å². The maximum Gasteiger partial charge on any atom is 0.387 e.